The van der Waals surface area contributed by atoms with E-state index in [2.05, 4.69) is 37.0 Å². The van der Waals surface area contributed by atoms with E-state index in [1.807, 2.05) is 55.4 Å². The molecule has 34 heavy (non-hydrogen) atoms. The van der Waals surface area contributed by atoms with Gasteiger partial charge in [-0.05, 0) is 85.0 Å². The molecule has 1 aromatic heterocycles. The number of benzene rings is 2. The van der Waals surface area contributed by atoms with Crippen molar-refractivity contribution in [2.24, 2.45) is 13.0 Å². The monoisotopic (exact) mass is 587 g/mol. The Labute approximate surface area is 216 Å². The summed E-state index contributed by atoms with van der Waals surface area (Å²) in [4.78, 5) is 27.1. The van der Waals surface area contributed by atoms with Crippen LogP contribution in [0, 0.1) is 5.92 Å². The molecule has 2 aromatic carbocycles. The van der Waals surface area contributed by atoms with E-state index in [0.717, 1.165) is 37.6 Å². The Kier molecular flexibility index (Phi) is 7.28. The third-order valence-corrected chi connectivity index (χ3v) is 7.97. The molecule has 0 bridgehead atoms. The summed E-state index contributed by atoms with van der Waals surface area (Å²) in [5.74, 6) is -1.32. The van der Waals surface area contributed by atoms with Crippen molar-refractivity contribution in [1.82, 2.24) is 14.7 Å². The lowest BCUT2D eigenvalue weighted by Gasteiger charge is -2.33. The van der Waals surface area contributed by atoms with Crippen LogP contribution in [0.15, 0.2) is 51.7 Å². The highest BCUT2D eigenvalue weighted by Crippen LogP contribution is 2.37. The summed E-state index contributed by atoms with van der Waals surface area (Å²) in [6, 6.07) is 9.97. The molecule has 178 valence electrons. The second-order valence-corrected chi connectivity index (χ2v) is 10.5. The van der Waals surface area contributed by atoms with E-state index >= 15 is 0 Å². The van der Waals surface area contributed by atoms with E-state index in [0.29, 0.717) is 25.1 Å². The maximum absolute atomic E-state index is 13.5. The fourth-order valence-corrected chi connectivity index (χ4v) is 6.37. The fraction of sp³-hybridized carbons (Fsp3) is 0.346. The Morgan fingerprint density at radius 2 is 1.88 bits per heavy atom. The SMILES string of the molecule is CC[C@@H](c1cccc2c1CCN(C(=O)c1c(Br)cc(-c3cnn(C)c3)cc1Br)C2)[C@H](C)C(=O)O. The van der Waals surface area contributed by atoms with Gasteiger partial charge in [-0.2, -0.15) is 5.10 Å². The van der Waals surface area contributed by atoms with Gasteiger partial charge in [-0.15, -0.1) is 0 Å². The number of nitrogens with zero attached hydrogens (tertiary/aromatic N) is 3. The van der Waals surface area contributed by atoms with Crippen LogP contribution in [-0.2, 0) is 24.8 Å². The molecular weight excluding hydrogens is 562 g/mol. The maximum atomic E-state index is 13.5. The average molecular weight is 589 g/mol. The smallest absolute Gasteiger partial charge is 0.306 e. The molecule has 2 heterocycles. The first-order chi connectivity index (χ1) is 16.2. The third-order valence-electron chi connectivity index (χ3n) is 6.72. The summed E-state index contributed by atoms with van der Waals surface area (Å²) in [7, 11) is 1.87. The highest BCUT2D eigenvalue weighted by Gasteiger charge is 2.30. The van der Waals surface area contributed by atoms with Gasteiger partial charge in [0.2, 0.25) is 0 Å². The second-order valence-electron chi connectivity index (χ2n) is 8.82. The number of fused-ring (bicyclic) bond motifs is 1. The molecule has 3 aromatic rings. The van der Waals surface area contributed by atoms with Crippen LogP contribution in [0.3, 0.4) is 0 Å². The van der Waals surface area contributed by atoms with Crippen LogP contribution in [0.4, 0.5) is 0 Å². The van der Waals surface area contributed by atoms with E-state index in [1.165, 1.54) is 5.56 Å². The molecule has 4 rings (SSSR count). The predicted molar refractivity (Wildman–Crippen MR) is 139 cm³/mol. The van der Waals surface area contributed by atoms with Crippen LogP contribution in [0.25, 0.3) is 11.1 Å². The van der Waals surface area contributed by atoms with E-state index < -0.39 is 11.9 Å². The number of carboxylic acid groups (broad SMARTS) is 1. The Hall–Kier alpha value is -2.45. The van der Waals surface area contributed by atoms with Gasteiger partial charge in [0.05, 0.1) is 17.7 Å². The van der Waals surface area contributed by atoms with Crippen molar-refractivity contribution in [2.75, 3.05) is 6.54 Å². The standard InChI is InChI=1S/C26H27Br2N3O3/c1-4-19(15(2)26(33)34)21-7-5-6-16-14-31(9-8-20(16)21)25(32)24-22(27)10-17(11-23(24)28)18-12-29-30(3)13-18/h5-7,10-13,15,19H,4,8-9,14H2,1-3H3,(H,33,34)/t15-,19+/m0/s1. The predicted octanol–water partition coefficient (Wildman–Crippen LogP) is 6.02. The summed E-state index contributed by atoms with van der Waals surface area (Å²) < 4.78 is 3.20. The van der Waals surface area contributed by atoms with E-state index in [1.54, 1.807) is 17.8 Å². The number of halogens is 2. The zero-order valence-electron chi connectivity index (χ0n) is 19.4. The molecule has 2 atom stereocenters. The molecule has 1 aliphatic rings. The van der Waals surface area contributed by atoms with Gasteiger partial charge in [-0.3, -0.25) is 14.3 Å². The summed E-state index contributed by atoms with van der Waals surface area (Å²) >= 11 is 7.22. The molecule has 0 fully saturated rings. The number of carboxylic acids is 1. The molecule has 0 unspecified atom stereocenters. The minimum absolute atomic E-state index is 0.0431. The summed E-state index contributed by atoms with van der Waals surface area (Å²) in [6.45, 7) is 4.90. The van der Waals surface area contributed by atoms with Gasteiger partial charge in [0, 0.05) is 40.8 Å². The largest absolute Gasteiger partial charge is 0.481 e. The van der Waals surface area contributed by atoms with Crippen molar-refractivity contribution >= 4 is 43.7 Å². The van der Waals surface area contributed by atoms with Gasteiger partial charge < -0.3 is 10.0 Å². The molecule has 8 heteroatoms. The molecule has 0 saturated carbocycles. The molecule has 1 amide bonds. The van der Waals surface area contributed by atoms with Crippen LogP contribution >= 0.6 is 31.9 Å². The Bertz CT molecular complexity index is 1230. The zero-order chi connectivity index (χ0) is 24.6. The summed E-state index contributed by atoms with van der Waals surface area (Å²) in [5.41, 5.74) is 5.92. The van der Waals surface area contributed by atoms with Crippen LogP contribution in [-0.4, -0.2) is 38.2 Å². The minimum Gasteiger partial charge on any atom is -0.481 e. The van der Waals surface area contributed by atoms with E-state index in [9.17, 15) is 14.7 Å². The first kappa shape index (κ1) is 24.7. The number of hydrogen-bond donors (Lipinski definition) is 1. The van der Waals surface area contributed by atoms with Gasteiger partial charge in [0.1, 0.15) is 0 Å². The highest BCUT2D eigenvalue weighted by molar-refractivity contribution is 9.11. The number of aliphatic carboxylic acids is 1. The maximum Gasteiger partial charge on any atom is 0.306 e. The molecule has 0 saturated heterocycles. The van der Waals surface area contributed by atoms with Gasteiger partial charge in [-0.1, -0.05) is 32.0 Å². The molecule has 0 aliphatic carbocycles. The van der Waals surface area contributed by atoms with Gasteiger partial charge in [0.15, 0.2) is 0 Å². The topological polar surface area (TPSA) is 75.4 Å². The summed E-state index contributed by atoms with van der Waals surface area (Å²) in [5, 5.41) is 13.8. The number of rotatable bonds is 6. The molecule has 6 nitrogen and oxygen atoms in total. The number of aromatic nitrogens is 2. The van der Waals surface area contributed by atoms with Crippen molar-refractivity contribution < 1.29 is 14.7 Å². The van der Waals surface area contributed by atoms with Crippen molar-refractivity contribution in [3.8, 4) is 11.1 Å². The number of carbonyl (C=O) groups excluding carboxylic acids is 1. The second kappa shape index (κ2) is 10.0. The van der Waals surface area contributed by atoms with Crippen LogP contribution in [0.5, 0.6) is 0 Å². The molecule has 1 aliphatic heterocycles. The van der Waals surface area contributed by atoms with Crippen LogP contribution < -0.4 is 0 Å². The average Bonchev–Trinajstić information content (AvgIpc) is 3.25. The van der Waals surface area contributed by atoms with Crippen molar-refractivity contribution in [2.45, 2.75) is 39.2 Å². The quantitative estimate of drug-likeness (QED) is 0.382. The lowest BCUT2D eigenvalue weighted by molar-refractivity contribution is -0.141. The number of aryl methyl sites for hydroxylation is 1. The van der Waals surface area contributed by atoms with Crippen LogP contribution in [0.1, 0.15) is 53.2 Å². The minimum atomic E-state index is -0.776. The van der Waals surface area contributed by atoms with Crippen molar-refractivity contribution in [3.63, 3.8) is 0 Å². The lowest BCUT2D eigenvalue weighted by atomic mass is 9.80. The highest BCUT2D eigenvalue weighted by atomic mass is 79.9. The first-order valence-electron chi connectivity index (χ1n) is 11.3. The van der Waals surface area contributed by atoms with Gasteiger partial charge in [-0.25, -0.2) is 0 Å². The number of carbonyl (C=O) groups is 2. The van der Waals surface area contributed by atoms with E-state index in [4.69, 9.17) is 0 Å². The molecule has 0 radical (unpaired) electrons. The Morgan fingerprint density at radius 3 is 2.47 bits per heavy atom. The summed E-state index contributed by atoms with van der Waals surface area (Å²) in [6.07, 6.45) is 5.20. The van der Waals surface area contributed by atoms with Crippen molar-refractivity contribution in [1.29, 1.82) is 0 Å². The third kappa shape index (κ3) is 4.70. The zero-order valence-corrected chi connectivity index (χ0v) is 22.6. The molecular formula is C26H27Br2N3O3. The van der Waals surface area contributed by atoms with Gasteiger partial charge >= 0.3 is 5.97 Å². The van der Waals surface area contributed by atoms with E-state index in [-0.39, 0.29) is 11.8 Å². The molecule has 0 spiro atoms. The lowest BCUT2D eigenvalue weighted by Crippen LogP contribution is -2.37. The van der Waals surface area contributed by atoms with Gasteiger partial charge in [0.25, 0.3) is 5.91 Å². The van der Waals surface area contributed by atoms with Crippen molar-refractivity contribution in [3.05, 3.63) is 73.9 Å². The normalized spacial score (nSPS) is 15.0. The Balaban J connectivity index is 1.61. The van der Waals surface area contributed by atoms with Crippen LogP contribution in [0.2, 0.25) is 0 Å². The number of hydrogen-bond acceptors (Lipinski definition) is 3. The number of amides is 1. The molecule has 1 N–H and O–H groups in total. The first-order valence-corrected chi connectivity index (χ1v) is 12.9. The Morgan fingerprint density at radius 1 is 1.18 bits per heavy atom. The fourth-order valence-electron chi connectivity index (χ4n) is 4.85.